The molecule has 124 valence electrons. The molecule has 1 atom stereocenters. The van der Waals surface area contributed by atoms with Gasteiger partial charge in [0.1, 0.15) is 0 Å². The van der Waals surface area contributed by atoms with E-state index in [1.54, 1.807) is 17.9 Å². The van der Waals surface area contributed by atoms with Crippen LogP contribution in [0.5, 0.6) is 0 Å². The molecule has 8 nitrogen and oxygen atoms in total. The summed E-state index contributed by atoms with van der Waals surface area (Å²) in [4.78, 5) is 14.1. The molecule has 9 heteroatoms. The van der Waals surface area contributed by atoms with E-state index in [0.29, 0.717) is 26.2 Å². The second kappa shape index (κ2) is 6.76. The number of aryl methyl sites for hydroxylation is 1. The summed E-state index contributed by atoms with van der Waals surface area (Å²) in [5.74, 6) is -0.509. The lowest BCUT2D eigenvalue weighted by molar-refractivity contribution is -0.125. The minimum atomic E-state index is -3.31. The zero-order valence-electron chi connectivity index (χ0n) is 13.2. The number of carbonyl (C=O) groups excluding carboxylic acids is 1. The summed E-state index contributed by atoms with van der Waals surface area (Å²) in [6.07, 6.45) is 4.90. The molecule has 22 heavy (non-hydrogen) atoms. The van der Waals surface area contributed by atoms with Crippen molar-refractivity contribution in [2.24, 2.45) is 13.0 Å². The van der Waals surface area contributed by atoms with Crippen molar-refractivity contribution in [3.63, 3.8) is 0 Å². The number of amides is 1. The summed E-state index contributed by atoms with van der Waals surface area (Å²) < 4.78 is 26.8. The van der Waals surface area contributed by atoms with Gasteiger partial charge in [-0.2, -0.15) is 5.10 Å². The SMILES string of the molecule is CNC(=O)C1CN(Cc2cnn(C)c2)CCN(S(C)(=O)=O)C1. The maximum Gasteiger partial charge on any atom is 0.225 e. The summed E-state index contributed by atoms with van der Waals surface area (Å²) >= 11 is 0. The van der Waals surface area contributed by atoms with Crippen molar-refractivity contribution in [1.82, 2.24) is 24.3 Å². The lowest BCUT2D eigenvalue weighted by Gasteiger charge is -2.22. The molecular weight excluding hydrogens is 306 g/mol. The highest BCUT2D eigenvalue weighted by atomic mass is 32.2. The van der Waals surface area contributed by atoms with E-state index >= 15 is 0 Å². The van der Waals surface area contributed by atoms with Crippen LogP contribution < -0.4 is 5.32 Å². The molecule has 2 heterocycles. The molecule has 1 N–H and O–H groups in total. The topological polar surface area (TPSA) is 87.5 Å². The zero-order chi connectivity index (χ0) is 16.3. The van der Waals surface area contributed by atoms with Crippen molar-refractivity contribution >= 4 is 15.9 Å². The Kier molecular flexibility index (Phi) is 5.20. The van der Waals surface area contributed by atoms with Crippen LogP contribution in [0.3, 0.4) is 0 Å². The van der Waals surface area contributed by atoms with Crippen LogP contribution in [0.25, 0.3) is 0 Å². The summed E-state index contributed by atoms with van der Waals surface area (Å²) in [5, 5.41) is 6.75. The van der Waals surface area contributed by atoms with Gasteiger partial charge in [-0.1, -0.05) is 0 Å². The molecule has 1 aliphatic heterocycles. The highest BCUT2D eigenvalue weighted by molar-refractivity contribution is 7.88. The molecule has 0 saturated carbocycles. The fraction of sp³-hybridized carbons (Fsp3) is 0.692. The first-order chi connectivity index (χ1) is 10.3. The zero-order valence-corrected chi connectivity index (χ0v) is 14.0. The number of carbonyl (C=O) groups is 1. The van der Waals surface area contributed by atoms with Crippen LogP contribution in [0, 0.1) is 5.92 Å². The van der Waals surface area contributed by atoms with Gasteiger partial charge in [0.25, 0.3) is 0 Å². The van der Waals surface area contributed by atoms with Crippen molar-refractivity contribution in [2.75, 3.05) is 39.5 Å². The van der Waals surface area contributed by atoms with E-state index in [0.717, 1.165) is 5.56 Å². The average Bonchev–Trinajstić information content (AvgIpc) is 2.72. The Morgan fingerprint density at radius 1 is 1.41 bits per heavy atom. The third-order valence-corrected chi connectivity index (χ3v) is 5.09. The van der Waals surface area contributed by atoms with E-state index in [-0.39, 0.29) is 18.4 Å². The number of rotatable bonds is 4. The molecule has 1 aromatic rings. The van der Waals surface area contributed by atoms with E-state index in [2.05, 4.69) is 15.3 Å². The third-order valence-electron chi connectivity index (χ3n) is 3.82. The van der Waals surface area contributed by atoms with Crippen molar-refractivity contribution in [3.8, 4) is 0 Å². The quantitative estimate of drug-likeness (QED) is 0.754. The van der Waals surface area contributed by atoms with Crippen LogP contribution in [-0.4, -0.2) is 72.8 Å². The molecule has 0 aliphatic carbocycles. The molecule has 0 aromatic carbocycles. The van der Waals surface area contributed by atoms with Gasteiger partial charge in [-0.25, -0.2) is 12.7 Å². The smallest absolute Gasteiger partial charge is 0.225 e. The van der Waals surface area contributed by atoms with Gasteiger partial charge < -0.3 is 5.32 Å². The molecule has 1 unspecified atom stereocenters. The van der Waals surface area contributed by atoms with Crippen LogP contribution in [-0.2, 0) is 28.4 Å². The van der Waals surface area contributed by atoms with Gasteiger partial charge in [-0.15, -0.1) is 0 Å². The molecule has 1 aliphatic rings. The predicted octanol–water partition coefficient (Wildman–Crippen LogP) is -1.14. The number of hydrogen-bond acceptors (Lipinski definition) is 5. The highest BCUT2D eigenvalue weighted by Gasteiger charge is 2.31. The molecule has 1 fully saturated rings. The number of nitrogens with zero attached hydrogens (tertiary/aromatic N) is 4. The van der Waals surface area contributed by atoms with Gasteiger partial charge in [0.2, 0.25) is 15.9 Å². The molecule has 1 amide bonds. The Labute approximate surface area is 131 Å². The monoisotopic (exact) mass is 329 g/mol. The number of hydrogen-bond donors (Lipinski definition) is 1. The van der Waals surface area contributed by atoms with E-state index in [1.807, 2.05) is 13.2 Å². The Balaban J connectivity index is 2.14. The van der Waals surface area contributed by atoms with Gasteiger partial charge in [0.15, 0.2) is 0 Å². The second-order valence-corrected chi connectivity index (χ2v) is 7.67. The van der Waals surface area contributed by atoms with Crippen LogP contribution in [0.2, 0.25) is 0 Å². The van der Waals surface area contributed by atoms with Crippen LogP contribution in [0.1, 0.15) is 5.56 Å². The first-order valence-electron chi connectivity index (χ1n) is 7.16. The third kappa shape index (κ3) is 4.28. The molecule has 1 aromatic heterocycles. The van der Waals surface area contributed by atoms with E-state index < -0.39 is 10.0 Å². The van der Waals surface area contributed by atoms with Gasteiger partial charge in [0.05, 0.1) is 18.4 Å². The Morgan fingerprint density at radius 3 is 2.68 bits per heavy atom. The number of sulfonamides is 1. The van der Waals surface area contributed by atoms with E-state index in [4.69, 9.17) is 0 Å². The van der Waals surface area contributed by atoms with Crippen LogP contribution in [0.4, 0.5) is 0 Å². The Hall–Kier alpha value is -1.45. The average molecular weight is 329 g/mol. The lowest BCUT2D eigenvalue weighted by atomic mass is 10.1. The first-order valence-corrected chi connectivity index (χ1v) is 9.01. The summed E-state index contributed by atoms with van der Waals surface area (Å²) in [5.41, 5.74) is 1.05. The van der Waals surface area contributed by atoms with Crippen LogP contribution >= 0.6 is 0 Å². The molecule has 0 spiro atoms. The summed E-state index contributed by atoms with van der Waals surface area (Å²) in [6, 6.07) is 0. The molecule has 2 rings (SSSR count). The fourth-order valence-electron chi connectivity index (χ4n) is 2.68. The van der Waals surface area contributed by atoms with E-state index in [9.17, 15) is 13.2 Å². The molecule has 0 radical (unpaired) electrons. The lowest BCUT2D eigenvalue weighted by Crippen LogP contribution is -2.41. The maximum absolute atomic E-state index is 12.0. The standard InChI is InChI=1S/C13H23N5O3S/c1-14-13(19)12-9-17(8-11-6-15-16(2)7-11)4-5-18(10-12)22(3,20)21/h6-7,12H,4-5,8-10H2,1-3H3,(H,14,19). The molecule has 1 saturated heterocycles. The normalized spacial score (nSPS) is 21.5. The largest absolute Gasteiger partial charge is 0.359 e. The van der Waals surface area contributed by atoms with Gasteiger partial charge >= 0.3 is 0 Å². The highest BCUT2D eigenvalue weighted by Crippen LogP contribution is 2.15. The van der Waals surface area contributed by atoms with Crippen molar-refractivity contribution in [3.05, 3.63) is 18.0 Å². The Bertz CT molecular complexity index is 627. The predicted molar refractivity (Wildman–Crippen MR) is 82.5 cm³/mol. The van der Waals surface area contributed by atoms with Crippen LogP contribution in [0.15, 0.2) is 12.4 Å². The maximum atomic E-state index is 12.0. The van der Waals surface area contributed by atoms with Gasteiger partial charge in [-0.3, -0.25) is 14.4 Å². The first kappa shape index (κ1) is 16.9. The second-order valence-electron chi connectivity index (χ2n) is 5.69. The fourth-order valence-corrected chi connectivity index (χ4v) is 3.54. The van der Waals surface area contributed by atoms with Gasteiger partial charge in [0, 0.05) is 58.6 Å². The minimum absolute atomic E-state index is 0.133. The molecular formula is C13H23N5O3S. The molecule has 0 bridgehead atoms. The number of nitrogens with one attached hydrogen (secondary N) is 1. The number of aromatic nitrogens is 2. The van der Waals surface area contributed by atoms with E-state index in [1.165, 1.54) is 10.6 Å². The van der Waals surface area contributed by atoms with Crippen molar-refractivity contribution < 1.29 is 13.2 Å². The van der Waals surface area contributed by atoms with Crippen molar-refractivity contribution in [1.29, 1.82) is 0 Å². The van der Waals surface area contributed by atoms with Gasteiger partial charge in [-0.05, 0) is 0 Å². The van der Waals surface area contributed by atoms with Crippen molar-refractivity contribution in [2.45, 2.75) is 6.54 Å². The summed E-state index contributed by atoms with van der Waals surface area (Å²) in [7, 11) is 0.119. The summed E-state index contributed by atoms with van der Waals surface area (Å²) in [6.45, 7) is 2.39. The Morgan fingerprint density at radius 2 is 2.14 bits per heavy atom. The minimum Gasteiger partial charge on any atom is -0.359 e.